The standard InChI is InChI=1S/C21H26N4O3/c26-20(14-22-13-19-12-17(21(27)28)6-9-23-19)24-18-8-11-25(15-18)10-7-16-4-2-1-3-5-16/h1-6,9,12,18,22H,7-8,10-11,13-15H2,(H,24,26)(H,27,28). The number of hydrogen-bond donors (Lipinski definition) is 3. The van der Waals surface area contributed by atoms with E-state index >= 15 is 0 Å². The van der Waals surface area contributed by atoms with Gasteiger partial charge in [-0.25, -0.2) is 4.79 Å². The van der Waals surface area contributed by atoms with Crippen LogP contribution in [0.1, 0.15) is 28.0 Å². The number of nitrogens with one attached hydrogen (secondary N) is 2. The fourth-order valence-electron chi connectivity index (χ4n) is 3.38. The zero-order valence-corrected chi connectivity index (χ0v) is 15.8. The van der Waals surface area contributed by atoms with Crippen LogP contribution in [0.5, 0.6) is 0 Å². The number of rotatable bonds is 9. The zero-order valence-electron chi connectivity index (χ0n) is 15.8. The molecular formula is C21H26N4O3. The first-order chi connectivity index (χ1) is 13.6. The minimum absolute atomic E-state index is 0.0516. The summed E-state index contributed by atoms with van der Waals surface area (Å²) in [6.45, 7) is 3.40. The number of amides is 1. The van der Waals surface area contributed by atoms with E-state index in [1.54, 1.807) is 0 Å². The van der Waals surface area contributed by atoms with Gasteiger partial charge < -0.3 is 20.6 Å². The summed E-state index contributed by atoms with van der Waals surface area (Å²) in [5, 5.41) is 15.1. The summed E-state index contributed by atoms with van der Waals surface area (Å²) in [4.78, 5) is 29.6. The van der Waals surface area contributed by atoms with Crippen LogP contribution in [0.25, 0.3) is 0 Å². The number of carbonyl (C=O) groups is 2. The predicted molar refractivity (Wildman–Crippen MR) is 106 cm³/mol. The number of benzene rings is 1. The quantitative estimate of drug-likeness (QED) is 0.605. The highest BCUT2D eigenvalue weighted by molar-refractivity contribution is 5.87. The van der Waals surface area contributed by atoms with Crippen molar-refractivity contribution in [3.05, 3.63) is 65.5 Å². The molecule has 148 valence electrons. The normalized spacial score (nSPS) is 16.8. The third-order valence-electron chi connectivity index (χ3n) is 4.85. The molecule has 1 aliphatic heterocycles. The van der Waals surface area contributed by atoms with Crippen LogP contribution in [-0.4, -0.2) is 59.1 Å². The Morgan fingerprint density at radius 3 is 2.82 bits per heavy atom. The maximum atomic E-state index is 12.1. The lowest BCUT2D eigenvalue weighted by molar-refractivity contribution is -0.120. The maximum Gasteiger partial charge on any atom is 0.335 e. The fraction of sp³-hybridized carbons (Fsp3) is 0.381. The highest BCUT2D eigenvalue weighted by Gasteiger charge is 2.23. The van der Waals surface area contributed by atoms with Crippen LogP contribution in [0.4, 0.5) is 0 Å². The molecule has 1 aliphatic rings. The van der Waals surface area contributed by atoms with E-state index in [9.17, 15) is 9.59 Å². The van der Waals surface area contributed by atoms with Crippen LogP contribution in [0.15, 0.2) is 48.7 Å². The highest BCUT2D eigenvalue weighted by atomic mass is 16.4. The molecule has 0 spiro atoms. The summed E-state index contributed by atoms with van der Waals surface area (Å²) < 4.78 is 0. The van der Waals surface area contributed by atoms with Crippen molar-refractivity contribution >= 4 is 11.9 Å². The van der Waals surface area contributed by atoms with Crippen LogP contribution < -0.4 is 10.6 Å². The molecule has 0 bridgehead atoms. The monoisotopic (exact) mass is 382 g/mol. The second kappa shape index (κ2) is 9.96. The SMILES string of the molecule is O=C(CNCc1cc(C(=O)O)ccn1)NC1CCN(CCc2ccccc2)C1. The maximum absolute atomic E-state index is 12.1. The molecule has 2 heterocycles. The van der Waals surface area contributed by atoms with Gasteiger partial charge in [0.2, 0.25) is 5.91 Å². The second-order valence-corrected chi connectivity index (χ2v) is 7.03. The van der Waals surface area contributed by atoms with Crippen LogP contribution in [0, 0.1) is 0 Å². The molecule has 28 heavy (non-hydrogen) atoms. The van der Waals surface area contributed by atoms with E-state index in [4.69, 9.17) is 5.11 Å². The second-order valence-electron chi connectivity index (χ2n) is 7.03. The van der Waals surface area contributed by atoms with Crippen LogP contribution in [-0.2, 0) is 17.8 Å². The lowest BCUT2D eigenvalue weighted by Crippen LogP contribution is -2.41. The van der Waals surface area contributed by atoms with Gasteiger partial charge in [-0.15, -0.1) is 0 Å². The Morgan fingerprint density at radius 2 is 2.04 bits per heavy atom. The molecule has 7 heteroatoms. The third-order valence-corrected chi connectivity index (χ3v) is 4.85. The van der Waals surface area contributed by atoms with E-state index in [0.717, 1.165) is 32.5 Å². The third kappa shape index (κ3) is 6.14. The molecule has 1 fully saturated rings. The van der Waals surface area contributed by atoms with Gasteiger partial charge in [-0.3, -0.25) is 9.78 Å². The van der Waals surface area contributed by atoms with Gasteiger partial charge in [0.15, 0.2) is 0 Å². The van der Waals surface area contributed by atoms with Gasteiger partial charge in [-0.2, -0.15) is 0 Å². The predicted octanol–water partition coefficient (Wildman–Crippen LogP) is 1.30. The molecule has 2 aromatic rings. The fourth-order valence-corrected chi connectivity index (χ4v) is 3.38. The average Bonchev–Trinajstić information content (AvgIpc) is 3.14. The Morgan fingerprint density at radius 1 is 1.21 bits per heavy atom. The molecular weight excluding hydrogens is 356 g/mol. The Labute approximate surface area is 164 Å². The van der Waals surface area contributed by atoms with E-state index in [-0.39, 0.29) is 24.1 Å². The lowest BCUT2D eigenvalue weighted by Gasteiger charge is -2.17. The summed E-state index contributed by atoms with van der Waals surface area (Å²) >= 11 is 0. The van der Waals surface area contributed by atoms with Crippen LogP contribution >= 0.6 is 0 Å². The van der Waals surface area contributed by atoms with Gasteiger partial charge >= 0.3 is 5.97 Å². The van der Waals surface area contributed by atoms with E-state index in [1.807, 2.05) is 6.07 Å². The Balaban J connectivity index is 1.34. The molecule has 3 rings (SSSR count). The van der Waals surface area contributed by atoms with Crippen molar-refractivity contribution < 1.29 is 14.7 Å². The number of carbonyl (C=O) groups excluding carboxylic acids is 1. The zero-order chi connectivity index (χ0) is 19.8. The molecule has 1 aromatic heterocycles. The van der Waals surface area contributed by atoms with Crippen molar-refractivity contribution in [2.75, 3.05) is 26.2 Å². The summed E-state index contributed by atoms with van der Waals surface area (Å²) in [6, 6.07) is 13.6. The summed E-state index contributed by atoms with van der Waals surface area (Å²) in [5.41, 5.74) is 2.12. The number of pyridine rings is 1. The first-order valence-corrected chi connectivity index (χ1v) is 9.55. The van der Waals surface area contributed by atoms with Crippen molar-refractivity contribution in [2.45, 2.75) is 25.4 Å². The number of aromatic carboxylic acids is 1. The van der Waals surface area contributed by atoms with Crippen molar-refractivity contribution in [3.63, 3.8) is 0 Å². The van der Waals surface area contributed by atoms with E-state index in [1.165, 1.54) is 23.9 Å². The van der Waals surface area contributed by atoms with Crippen molar-refractivity contribution in [3.8, 4) is 0 Å². The molecule has 7 nitrogen and oxygen atoms in total. The number of carboxylic acid groups (broad SMARTS) is 1. The van der Waals surface area contributed by atoms with Crippen molar-refractivity contribution in [1.29, 1.82) is 0 Å². The molecule has 1 atom stereocenters. The minimum atomic E-state index is -0.987. The van der Waals surface area contributed by atoms with E-state index in [2.05, 4.69) is 44.8 Å². The molecule has 1 unspecified atom stereocenters. The van der Waals surface area contributed by atoms with Gasteiger partial charge in [0, 0.05) is 38.4 Å². The lowest BCUT2D eigenvalue weighted by atomic mass is 10.1. The largest absolute Gasteiger partial charge is 0.478 e. The van der Waals surface area contributed by atoms with Gasteiger partial charge in [0.25, 0.3) is 0 Å². The number of hydrogen-bond acceptors (Lipinski definition) is 5. The molecule has 1 saturated heterocycles. The number of likely N-dealkylation sites (tertiary alicyclic amines) is 1. The van der Waals surface area contributed by atoms with E-state index in [0.29, 0.717) is 12.2 Å². The van der Waals surface area contributed by atoms with E-state index < -0.39 is 5.97 Å². The van der Waals surface area contributed by atoms with Crippen molar-refractivity contribution in [2.24, 2.45) is 0 Å². The van der Waals surface area contributed by atoms with Crippen LogP contribution in [0.3, 0.4) is 0 Å². The van der Waals surface area contributed by atoms with Gasteiger partial charge in [-0.1, -0.05) is 30.3 Å². The average molecular weight is 382 g/mol. The van der Waals surface area contributed by atoms with Crippen LogP contribution in [0.2, 0.25) is 0 Å². The molecule has 3 N–H and O–H groups in total. The number of aromatic nitrogens is 1. The van der Waals surface area contributed by atoms with Gasteiger partial charge in [0.05, 0.1) is 17.8 Å². The molecule has 1 amide bonds. The number of carboxylic acids is 1. The van der Waals surface area contributed by atoms with Crippen molar-refractivity contribution in [1.82, 2.24) is 20.5 Å². The molecule has 1 aromatic carbocycles. The summed E-state index contributed by atoms with van der Waals surface area (Å²) in [6.07, 6.45) is 3.44. The Bertz CT molecular complexity index is 797. The molecule has 0 saturated carbocycles. The minimum Gasteiger partial charge on any atom is -0.478 e. The Hall–Kier alpha value is -2.77. The first-order valence-electron chi connectivity index (χ1n) is 9.55. The van der Waals surface area contributed by atoms with Gasteiger partial charge in [-0.05, 0) is 30.5 Å². The first kappa shape index (κ1) is 20.0. The summed E-state index contributed by atoms with van der Waals surface area (Å²) in [7, 11) is 0. The topological polar surface area (TPSA) is 94.6 Å². The number of nitrogens with zero attached hydrogens (tertiary/aromatic N) is 2. The molecule has 0 radical (unpaired) electrons. The Kier molecular flexibility index (Phi) is 7.11. The smallest absolute Gasteiger partial charge is 0.335 e. The summed E-state index contributed by atoms with van der Waals surface area (Å²) in [5.74, 6) is -1.04. The molecule has 0 aliphatic carbocycles. The van der Waals surface area contributed by atoms with Gasteiger partial charge in [0.1, 0.15) is 0 Å². The highest BCUT2D eigenvalue weighted by Crippen LogP contribution is 2.10.